The van der Waals surface area contributed by atoms with E-state index < -0.39 is 0 Å². The van der Waals surface area contributed by atoms with E-state index in [-0.39, 0.29) is 18.1 Å². The molecule has 3 aromatic rings. The number of carbonyl (C=O) groups excluding carboxylic acids is 1. The van der Waals surface area contributed by atoms with Crippen LogP contribution in [0, 0.1) is 5.82 Å². The van der Waals surface area contributed by atoms with Gasteiger partial charge in [0.15, 0.2) is 0 Å². The van der Waals surface area contributed by atoms with Crippen LogP contribution in [0.5, 0.6) is 0 Å². The summed E-state index contributed by atoms with van der Waals surface area (Å²) in [5.41, 5.74) is 3.21. The third kappa shape index (κ3) is 3.56. The predicted octanol–water partition coefficient (Wildman–Crippen LogP) is 3.78. The first kappa shape index (κ1) is 15.2. The molecule has 0 bridgehead atoms. The van der Waals surface area contributed by atoms with Gasteiger partial charge in [0.2, 0.25) is 5.91 Å². The maximum atomic E-state index is 13.2. The normalized spacial score (nSPS) is 11.1. The van der Waals surface area contributed by atoms with Gasteiger partial charge < -0.3 is 9.72 Å². The minimum absolute atomic E-state index is 0.147. The van der Waals surface area contributed by atoms with E-state index in [9.17, 15) is 9.18 Å². The number of imidazole rings is 1. The highest BCUT2D eigenvalue weighted by molar-refractivity contribution is 5.92. The van der Waals surface area contributed by atoms with Crippen LogP contribution in [0.15, 0.2) is 48.8 Å². The molecule has 0 unspecified atom stereocenters. The Morgan fingerprint density at radius 1 is 1.17 bits per heavy atom. The summed E-state index contributed by atoms with van der Waals surface area (Å²) in [7, 11) is 0. The highest BCUT2D eigenvalue weighted by Crippen LogP contribution is 2.17. The molecule has 0 saturated carbocycles. The molecule has 2 aromatic heterocycles. The van der Waals surface area contributed by atoms with Crippen LogP contribution >= 0.6 is 0 Å². The van der Waals surface area contributed by atoms with Crippen LogP contribution in [0.1, 0.15) is 31.0 Å². The number of rotatable bonds is 4. The van der Waals surface area contributed by atoms with Gasteiger partial charge >= 0.3 is 0 Å². The van der Waals surface area contributed by atoms with Crippen molar-refractivity contribution in [2.75, 3.05) is 5.32 Å². The van der Waals surface area contributed by atoms with Crippen molar-refractivity contribution in [1.29, 1.82) is 0 Å². The molecule has 0 radical (unpaired) electrons. The number of benzene rings is 1. The Morgan fingerprint density at radius 2 is 1.91 bits per heavy atom. The molecule has 4 nitrogen and oxygen atoms in total. The lowest BCUT2D eigenvalue weighted by Crippen LogP contribution is -2.14. The van der Waals surface area contributed by atoms with Crippen LogP contribution in [-0.4, -0.2) is 15.3 Å². The van der Waals surface area contributed by atoms with E-state index in [0.29, 0.717) is 17.3 Å². The zero-order valence-electron chi connectivity index (χ0n) is 13.1. The Kier molecular flexibility index (Phi) is 4.10. The van der Waals surface area contributed by atoms with Gasteiger partial charge in [0.1, 0.15) is 11.5 Å². The highest BCUT2D eigenvalue weighted by Gasteiger charge is 2.09. The third-order valence-corrected chi connectivity index (χ3v) is 3.67. The molecule has 0 aliphatic rings. The number of anilines is 1. The summed E-state index contributed by atoms with van der Waals surface area (Å²) in [5, 5.41) is 2.85. The molecule has 1 aromatic carbocycles. The summed E-state index contributed by atoms with van der Waals surface area (Å²) in [6, 6.07) is 10.7. The van der Waals surface area contributed by atoms with Crippen LogP contribution in [0.2, 0.25) is 0 Å². The lowest BCUT2D eigenvalue weighted by atomic mass is 10.0. The van der Waals surface area contributed by atoms with E-state index in [4.69, 9.17) is 0 Å². The molecule has 1 N–H and O–H groups in total. The number of nitrogens with zero attached hydrogens (tertiary/aromatic N) is 2. The Morgan fingerprint density at radius 3 is 2.61 bits per heavy atom. The van der Waals surface area contributed by atoms with Crippen LogP contribution in [0.25, 0.3) is 5.65 Å². The second kappa shape index (κ2) is 6.20. The summed E-state index contributed by atoms with van der Waals surface area (Å²) >= 11 is 0. The molecule has 5 heteroatoms. The van der Waals surface area contributed by atoms with Crippen molar-refractivity contribution >= 4 is 17.2 Å². The molecular weight excluding hydrogens is 293 g/mol. The summed E-state index contributed by atoms with van der Waals surface area (Å²) in [6.07, 6.45) is 3.16. The minimum atomic E-state index is -0.337. The van der Waals surface area contributed by atoms with E-state index in [2.05, 4.69) is 24.1 Å². The van der Waals surface area contributed by atoms with E-state index in [1.54, 1.807) is 16.7 Å². The smallest absolute Gasteiger partial charge is 0.230 e. The number of carbonyl (C=O) groups is 1. The Labute approximate surface area is 134 Å². The zero-order valence-corrected chi connectivity index (χ0v) is 13.1. The number of aromatic nitrogens is 2. The number of hydrogen-bond donors (Lipinski definition) is 1. The third-order valence-electron chi connectivity index (χ3n) is 3.67. The maximum absolute atomic E-state index is 13.2. The van der Waals surface area contributed by atoms with E-state index >= 15 is 0 Å². The van der Waals surface area contributed by atoms with Gasteiger partial charge in [-0.25, -0.2) is 9.37 Å². The van der Waals surface area contributed by atoms with Crippen molar-refractivity contribution in [1.82, 2.24) is 9.38 Å². The van der Waals surface area contributed by atoms with Crippen molar-refractivity contribution in [2.45, 2.75) is 26.2 Å². The summed E-state index contributed by atoms with van der Waals surface area (Å²) in [4.78, 5) is 16.4. The van der Waals surface area contributed by atoms with Gasteiger partial charge in [-0.2, -0.15) is 0 Å². The van der Waals surface area contributed by atoms with Gasteiger partial charge in [0, 0.05) is 18.1 Å². The average molecular weight is 311 g/mol. The highest BCUT2D eigenvalue weighted by atomic mass is 19.1. The first-order valence-electron chi connectivity index (χ1n) is 7.54. The molecule has 3 rings (SSSR count). The standard InChI is InChI=1S/C18H18FN3O/c1-12(2)13-3-6-15(7-4-13)21-18(23)9-16-11-22-10-14(19)5-8-17(22)20-16/h3-8,10-12H,9H2,1-2H3,(H,21,23). The second-order valence-electron chi connectivity index (χ2n) is 5.85. The van der Waals surface area contributed by atoms with E-state index in [1.165, 1.54) is 17.8 Å². The Balaban J connectivity index is 1.68. The van der Waals surface area contributed by atoms with Gasteiger partial charge in [-0.15, -0.1) is 0 Å². The SMILES string of the molecule is CC(C)c1ccc(NC(=O)Cc2cn3cc(F)ccc3n2)cc1. The lowest BCUT2D eigenvalue weighted by molar-refractivity contribution is -0.115. The Hall–Kier alpha value is -2.69. The van der Waals surface area contributed by atoms with Crippen LogP contribution in [0.4, 0.5) is 10.1 Å². The van der Waals surface area contributed by atoms with E-state index in [0.717, 1.165) is 5.69 Å². The van der Waals surface area contributed by atoms with Crippen LogP contribution in [0.3, 0.4) is 0 Å². The van der Waals surface area contributed by atoms with Gasteiger partial charge in [-0.3, -0.25) is 4.79 Å². The monoisotopic (exact) mass is 311 g/mol. The number of amides is 1. The van der Waals surface area contributed by atoms with Gasteiger partial charge in [-0.1, -0.05) is 26.0 Å². The quantitative estimate of drug-likeness (QED) is 0.797. The summed E-state index contributed by atoms with van der Waals surface area (Å²) < 4.78 is 14.7. The molecule has 0 fully saturated rings. The minimum Gasteiger partial charge on any atom is -0.326 e. The fourth-order valence-electron chi connectivity index (χ4n) is 2.42. The topological polar surface area (TPSA) is 46.4 Å². The van der Waals surface area contributed by atoms with Crippen LogP contribution in [-0.2, 0) is 11.2 Å². The second-order valence-corrected chi connectivity index (χ2v) is 5.85. The van der Waals surface area contributed by atoms with Crippen molar-refractivity contribution in [3.63, 3.8) is 0 Å². The fourth-order valence-corrected chi connectivity index (χ4v) is 2.42. The molecule has 0 atom stereocenters. The molecule has 1 amide bonds. The maximum Gasteiger partial charge on any atom is 0.230 e. The van der Waals surface area contributed by atoms with Crippen molar-refractivity contribution in [2.24, 2.45) is 0 Å². The average Bonchev–Trinajstić information content (AvgIpc) is 2.88. The number of fused-ring (bicyclic) bond motifs is 1. The van der Waals surface area contributed by atoms with Crippen molar-refractivity contribution in [3.8, 4) is 0 Å². The number of pyridine rings is 1. The molecular formula is C18H18FN3O. The van der Waals surface area contributed by atoms with Crippen molar-refractivity contribution < 1.29 is 9.18 Å². The fraction of sp³-hybridized carbons (Fsp3) is 0.222. The summed E-state index contributed by atoms with van der Waals surface area (Å²) in [5.74, 6) is -0.0274. The van der Waals surface area contributed by atoms with Gasteiger partial charge in [0.05, 0.1) is 12.1 Å². The number of halogens is 1. The molecule has 0 aliphatic carbocycles. The van der Waals surface area contributed by atoms with E-state index in [1.807, 2.05) is 24.3 Å². The Bertz CT molecular complexity index is 837. The van der Waals surface area contributed by atoms with Gasteiger partial charge in [-0.05, 0) is 35.7 Å². The molecule has 0 aliphatic heterocycles. The molecule has 23 heavy (non-hydrogen) atoms. The molecule has 2 heterocycles. The number of hydrogen-bond acceptors (Lipinski definition) is 2. The summed E-state index contributed by atoms with van der Waals surface area (Å²) in [6.45, 7) is 4.25. The zero-order chi connectivity index (χ0) is 16.4. The first-order valence-corrected chi connectivity index (χ1v) is 7.54. The predicted molar refractivity (Wildman–Crippen MR) is 88.0 cm³/mol. The van der Waals surface area contributed by atoms with Crippen LogP contribution < -0.4 is 5.32 Å². The van der Waals surface area contributed by atoms with Crippen molar-refractivity contribution in [3.05, 3.63) is 65.9 Å². The molecule has 0 spiro atoms. The molecule has 118 valence electrons. The lowest BCUT2D eigenvalue weighted by Gasteiger charge is -2.07. The number of nitrogens with one attached hydrogen (secondary N) is 1. The first-order chi connectivity index (χ1) is 11.0. The molecule has 0 saturated heterocycles. The largest absolute Gasteiger partial charge is 0.326 e. The van der Waals surface area contributed by atoms with Gasteiger partial charge in [0.25, 0.3) is 0 Å².